The molecule has 0 fully saturated rings. The van der Waals surface area contributed by atoms with Gasteiger partial charge in [-0.2, -0.15) is 0 Å². The van der Waals surface area contributed by atoms with Crippen LogP contribution >= 0.6 is 0 Å². The van der Waals surface area contributed by atoms with E-state index in [0.29, 0.717) is 12.4 Å². The standard InChI is InChI=1S/C14H16N2O3S/c1-2-19-14-8-4-3-6-12(14)10-16-20(17,18)13-7-5-9-15-11-13/h3-9,11,16H,2,10H2,1H3. The second kappa shape index (κ2) is 6.49. The molecule has 6 heteroatoms. The van der Waals surface area contributed by atoms with Crippen LogP contribution in [0.4, 0.5) is 0 Å². The molecule has 0 atom stereocenters. The number of pyridine rings is 1. The fourth-order valence-electron chi connectivity index (χ4n) is 1.71. The summed E-state index contributed by atoms with van der Waals surface area (Å²) >= 11 is 0. The first kappa shape index (κ1) is 14.5. The summed E-state index contributed by atoms with van der Waals surface area (Å²) in [5.41, 5.74) is 0.793. The Morgan fingerprint density at radius 2 is 2.00 bits per heavy atom. The van der Waals surface area contributed by atoms with Gasteiger partial charge in [-0.25, -0.2) is 13.1 Å². The molecule has 0 aliphatic rings. The van der Waals surface area contributed by atoms with Gasteiger partial charge in [-0.15, -0.1) is 0 Å². The fourth-order valence-corrected chi connectivity index (χ4v) is 2.68. The lowest BCUT2D eigenvalue weighted by atomic mass is 10.2. The zero-order valence-electron chi connectivity index (χ0n) is 11.1. The molecule has 1 aromatic heterocycles. The lowest BCUT2D eigenvalue weighted by molar-refractivity contribution is 0.336. The third-order valence-electron chi connectivity index (χ3n) is 2.67. The highest BCUT2D eigenvalue weighted by Gasteiger charge is 2.14. The highest BCUT2D eigenvalue weighted by atomic mass is 32.2. The van der Waals surface area contributed by atoms with Gasteiger partial charge in [0.25, 0.3) is 0 Å². The normalized spacial score (nSPS) is 11.2. The van der Waals surface area contributed by atoms with Gasteiger partial charge in [0.15, 0.2) is 0 Å². The molecule has 0 spiro atoms. The molecule has 1 aromatic carbocycles. The first-order valence-corrected chi connectivity index (χ1v) is 7.72. The smallest absolute Gasteiger partial charge is 0.242 e. The van der Waals surface area contributed by atoms with E-state index in [1.807, 2.05) is 31.2 Å². The first-order chi connectivity index (χ1) is 9.63. The van der Waals surface area contributed by atoms with Crippen molar-refractivity contribution in [2.75, 3.05) is 6.61 Å². The molecule has 106 valence electrons. The summed E-state index contributed by atoms with van der Waals surface area (Å²) in [7, 11) is -3.56. The minimum atomic E-state index is -3.56. The van der Waals surface area contributed by atoms with Gasteiger partial charge in [-0.3, -0.25) is 4.98 Å². The molecule has 0 amide bonds. The lowest BCUT2D eigenvalue weighted by Gasteiger charge is -2.11. The average molecular weight is 292 g/mol. The Morgan fingerprint density at radius 1 is 1.20 bits per heavy atom. The van der Waals surface area contributed by atoms with Crippen molar-refractivity contribution in [2.24, 2.45) is 0 Å². The highest BCUT2D eigenvalue weighted by Crippen LogP contribution is 2.18. The number of aromatic nitrogens is 1. The summed E-state index contributed by atoms with van der Waals surface area (Å²) in [5, 5.41) is 0. The Bertz CT molecular complexity index is 657. The van der Waals surface area contributed by atoms with E-state index in [2.05, 4.69) is 9.71 Å². The largest absolute Gasteiger partial charge is 0.494 e. The van der Waals surface area contributed by atoms with E-state index in [4.69, 9.17) is 4.74 Å². The Labute approximate surface area is 118 Å². The van der Waals surface area contributed by atoms with E-state index in [-0.39, 0.29) is 11.4 Å². The van der Waals surface area contributed by atoms with Crippen LogP contribution in [0.2, 0.25) is 0 Å². The second-order valence-corrected chi connectivity index (χ2v) is 5.82. The maximum atomic E-state index is 12.1. The van der Waals surface area contributed by atoms with Crippen molar-refractivity contribution in [3.63, 3.8) is 0 Å². The molecular formula is C14H16N2O3S. The second-order valence-electron chi connectivity index (χ2n) is 4.05. The van der Waals surface area contributed by atoms with Crippen LogP contribution in [0, 0.1) is 0 Å². The molecule has 2 aromatic rings. The van der Waals surface area contributed by atoms with Crippen LogP contribution < -0.4 is 9.46 Å². The number of para-hydroxylation sites is 1. The molecule has 0 unspecified atom stereocenters. The Kier molecular flexibility index (Phi) is 4.70. The van der Waals surface area contributed by atoms with Crippen molar-refractivity contribution in [1.82, 2.24) is 9.71 Å². The SMILES string of the molecule is CCOc1ccccc1CNS(=O)(=O)c1cccnc1. The molecule has 5 nitrogen and oxygen atoms in total. The summed E-state index contributed by atoms with van der Waals surface area (Å²) in [6.45, 7) is 2.59. The van der Waals surface area contributed by atoms with Crippen LogP contribution in [-0.2, 0) is 16.6 Å². The van der Waals surface area contributed by atoms with Crippen LogP contribution in [0.25, 0.3) is 0 Å². The minimum Gasteiger partial charge on any atom is -0.494 e. The molecule has 0 radical (unpaired) electrons. The van der Waals surface area contributed by atoms with Gasteiger partial charge < -0.3 is 4.74 Å². The number of rotatable bonds is 6. The average Bonchev–Trinajstić information content (AvgIpc) is 2.48. The van der Waals surface area contributed by atoms with Crippen molar-refractivity contribution in [1.29, 1.82) is 0 Å². The lowest BCUT2D eigenvalue weighted by Crippen LogP contribution is -2.23. The number of hydrogen-bond donors (Lipinski definition) is 1. The van der Waals surface area contributed by atoms with E-state index in [1.54, 1.807) is 6.07 Å². The van der Waals surface area contributed by atoms with Gasteiger partial charge >= 0.3 is 0 Å². The molecule has 1 N–H and O–H groups in total. The molecule has 0 bridgehead atoms. The van der Waals surface area contributed by atoms with E-state index in [0.717, 1.165) is 5.56 Å². The van der Waals surface area contributed by atoms with Gasteiger partial charge in [0.05, 0.1) is 6.61 Å². The van der Waals surface area contributed by atoms with E-state index in [9.17, 15) is 8.42 Å². The van der Waals surface area contributed by atoms with E-state index in [1.165, 1.54) is 18.5 Å². The van der Waals surface area contributed by atoms with Crippen LogP contribution in [-0.4, -0.2) is 20.0 Å². The van der Waals surface area contributed by atoms with Crippen molar-refractivity contribution in [3.8, 4) is 5.75 Å². The summed E-state index contributed by atoms with van der Waals surface area (Å²) in [5.74, 6) is 0.684. The molecule has 0 aliphatic heterocycles. The summed E-state index contributed by atoms with van der Waals surface area (Å²) in [6.07, 6.45) is 2.85. The summed E-state index contributed by atoms with van der Waals surface area (Å²) < 4.78 is 32.2. The number of nitrogens with zero attached hydrogens (tertiary/aromatic N) is 1. The van der Waals surface area contributed by atoms with Gasteiger partial charge in [-0.05, 0) is 25.1 Å². The van der Waals surface area contributed by atoms with Crippen LogP contribution in [0.3, 0.4) is 0 Å². The van der Waals surface area contributed by atoms with Crippen LogP contribution in [0.1, 0.15) is 12.5 Å². The van der Waals surface area contributed by atoms with Crippen molar-refractivity contribution >= 4 is 10.0 Å². The first-order valence-electron chi connectivity index (χ1n) is 6.24. The quantitative estimate of drug-likeness (QED) is 0.883. The monoisotopic (exact) mass is 292 g/mol. The number of benzene rings is 1. The molecule has 0 saturated carbocycles. The Balaban J connectivity index is 2.13. The van der Waals surface area contributed by atoms with Crippen LogP contribution in [0.15, 0.2) is 53.7 Å². The fraction of sp³-hybridized carbons (Fsp3) is 0.214. The highest BCUT2D eigenvalue weighted by molar-refractivity contribution is 7.89. The minimum absolute atomic E-state index is 0.147. The molecule has 2 rings (SSSR count). The number of ether oxygens (including phenoxy) is 1. The zero-order valence-corrected chi connectivity index (χ0v) is 11.9. The molecule has 0 saturated heterocycles. The Morgan fingerprint density at radius 3 is 2.70 bits per heavy atom. The zero-order chi connectivity index (χ0) is 14.4. The molecule has 0 aliphatic carbocycles. The maximum absolute atomic E-state index is 12.1. The third kappa shape index (κ3) is 3.55. The summed E-state index contributed by atoms with van der Waals surface area (Å²) in [4.78, 5) is 3.96. The maximum Gasteiger partial charge on any atom is 0.242 e. The molecule has 1 heterocycles. The number of sulfonamides is 1. The summed E-state index contributed by atoms with van der Waals surface area (Å²) in [6, 6.07) is 10.4. The van der Waals surface area contributed by atoms with Crippen LogP contribution in [0.5, 0.6) is 5.75 Å². The van der Waals surface area contributed by atoms with Gasteiger partial charge in [0.1, 0.15) is 10.6 Å². The molecule has 20 heavy (non-hydrogen) atoms. The van der Waals surface area contributed by atoms with Gasteiger partial charge in [-0.1, -0.05) is 18.2 Å². The van der Waals surface area contributed by atoms with Gasteiger partial charge in [0, 0.05) is 24.5 Å². The number of hydrogen-bond acceptors (Lipinski definition) is 4. The molecular weight excluding hydrogens is 276 g/mol. The van der Waals surface area contributed by atoms with Crippen molar-refractivity contribution < 1.29 is 13.2 Å². The van der Waals surface area contributed by atoms with E-state index >= 15 is 0 Å². The van der Waals surface area contributed by atoms with E-state index < -0.39 is 10.0 Å². The number of nitrogens with one attached hydrogen (secondary N) is 1. The topological polar surface area (TPSA) is 68.3 Å². The van der Waals surface area contributed by atoms with Crippen molar-refractivity contribution in [2.45, 2.75) is 18.4 Å². The van der Waals surface area contributed by atoms with Crippen molar-refractivity contribution in [3.05, 3.63) is 54.4 Å². The van der Waals surface area contributed by atoms with Gasteiger partial charge in [0.2, 0.25) is 10.0 Å². The predicted octanol–water partition coefficient (Wildman–Crippen LogP) is 1.96. The Hall–Kier alpha value is -1.92. The predicted molar refractivity (Wildman–Crippen MR) is 75.9 cm³/mol. The third-order valence-corrected chi connectivity index (χ3v) is 4.06.